The van der Waals surface area contributed by atoms with E-state index in [9.17, 15) is 19.5 Å². The van der Waals surface area contributed by atoms with Gasteiger partial charge in [-0.05, 0) is 51.0 Å². The van der Waals surface area contributed by atoms with Gasteiger partial charge in [-0.2, -0.15) is 0 Å². The molecule has 0 aromatic heterocycles. The Morgan fingerprint density at radius 1 is 1.06 bits per heavy atom. The van der Waals surface area contributed by atoms with E-state index in [1.54, 1.807) is 16.7 Å². The zero-order chi connectivity index (χ0) is 25.8. The maximum absolute atomic E-state index is 14.0. The van der Waals surface area contributed by atoms with Crippen LogP contribution in [-0.4, -0.2) is 63.0 Å². The lowest BCUT2D eigenvalue weighted by Gasteiger charge is -2.35. The third-order valence-corrected chi connectivity index (χ3v) is 10.2. The van der Waals surface area contributed by atoms with E-state index in [4.69, 9.17) is 0 Å². The van der Waals surface area contributed by atoms with Crippen LogP contribution in [0, 0.1) is 11.8 Å². The first kappa shape index (κ1) is 27.0. The van der Waals surface area contributed by atoms with Gasteiger partial charge in [-0.1, -0.05) is 50.1 Å². The molecule has 3 aliphatic rings. The first-order chi connectivity index (χ1) is 17.4. The number of likely N-dealkylation sites (tertiary alicyclic amines) is 1. The third kappa shape index (κ3) is 5.03. The fourth-order valence-corrected chi connectivity index (χ4v) is 8.87. The van der Waals surface area contributed by atoms with Crippen LogP contribution in [0.15, 0.2) is 30.3 Å². The number of fused-ring (bicyclic) bond motifs is 1. The van der Waals surface area contributed by atoms with Crippen molar-refractivity contribution in [3.8, 4) is 0 Å². The van der Waals surface area contributed by atoms with Gasteiger partial charge in [0, 0.05) is 31.0 Å². The number of carbonyl (C=O) groups is 3. The van der Waals surface area contributed by atoms with Crippen molar-refractivity contribution in [1.82, 2.24) is 15.5 Å². The van der Waals surface area contributed by atoms with E-state index in [2.05, 4.69) is 24.5 Å². The zero-order valence-corrected chi connectivity index (χ0v) is 22.4. The van der Waals surface area contributed by atoms with Crippen molar-refractivity contribution in [2.75, 3.05) is 19.7 Å². The smallest absolute Gasteiger partial charge is 0.244 e. The summed E-state index contributed by atoms with van der Waals surface area (Å²) in [6.07, 6.45) is 6.87. The van der Waals surface area contributed by atoms with Crippen molar-refractivity contribution in [3.63, 3.8) is 0 Å². The van der Waals surface area contributed by atoms with Gasteiger partial charge in [0.25, 0.3) is 0 Å². The SMILES string of the molecule is CCCCCNC(=O)C1N(CCCCCO)C(=O)[C@@H]2[C@@H](C(=O)NCc3ccccc3)[C@@]3(C)CCC12S3. The number of unbranched alkanes of at least 4 members (excludes halogenated alkanes) is 4. The summed E-state index contributed by atoms with van der Waals surface area (Å²) < 4.78 is -0.919. The molecular formula is C28H41N3O4S. The molecule has 2 unspecified atom stereocenters. The van der Waals surface area contributed by atoms with E-state index < -0.39 is 22.6 Å². The number of hydrogen-bond donors (Lipinski definition) is 3. The van der Waals surface area contributed by atoms with Gasteiger partial charge < -0.3 is 20.6 Å². The van der Waals surface area contributed by atoms with E-state index >= 15 is 0 Å². The number of amides is 3. The topological polar surface area (TPSA) is 98.7 Å². The molecule has 36 heavy (non-hydrogen) atoms. The third-order valence-electron chi connectivity index (χ3n) is 8.25. The summed E-state index contributed by atoms with van der Waals surface area (Å²) in [6.45, 7) is 5.88. The van der Waals surface area contributed by atoms with Crippen LogP contribution in [0.4, 0.5) is 0 Å². The maximum atomic E-state index is 14.0. The Kier molecular flexibility index (Phi) is 8.66. The quantitative estimate of drug-likeness (QED) is 0.350. The van der Waals surface area contributed by atoms with Gasteiger partial charge in [-0.3, -0.25) is 14.4 Å². The lowest BCUT2D eigenvalue weighted by Crippen LogP contribution is -2.54. The Morgan fingerprint density at radius 3 is 2.56 bits per heavy atom. The molecular weight excluding hydrogens is 474 g/mol. The van der Waals surface area contributed by atoms with Crippen LogP contribution in [0.25, 0.3) is 0 Å². The van der Waals surface area contributed by atoms with E-state index in [0.29, 0.717) is 26.1 Å². The zero-order valence-electron chi connectivity index (χ0n) is 21.6. The van der Waals surface area contributed by atoms with E-state index in [1.165, 1.54) is 0 Å². The number of nitrogens with one attached hydrogen (secondary N) is 2. The minimum Gasteiger partial charge on any atom is -0.396 e. The highest BCUT2D eigenvalue weighted by Gasteiger charge is 2.76. The molecule has 3 heterocycles. The summed E-state index contributed by atoms with van der Waals surface area (Å²) in [4.78, 5) is 42.9. The molecule has 7 nitrogen and oxygen atoms in total. The summed E-state index contributed by atoms with van der Waals surface area (Å²) in [5.74, 6) is -1.15. The number of carbonyl (C=O) groups excluding carboxylic acids is 3. The van der Waals surface area contributed by atoms with Gasteiger partial charge in [0.2, 0.25) is 17.7 Å². The Hall–Kier alpha value is -2.06. The van der Waals surface area contributed by atoms with Crippen LogP contribution in [0.3, 0.4) is 0 Å². The Labute approximate surface area is 219 Å². The number of nitrogens with zero attached hydrogens (tertiary/aromatic N) is 1. The van der Waals surface area contributed by atoms with E-state index in [0.717, 1.165) is 50.5 Å². The highest BCUT2D eigenvalue weighted by Crippen LogP contribution is 2.71. The first-order valence-corrected chi connectivity index (χ1v) is 14.4. The highest BCUT2D eigenvalue weighted by molar-refractivity contribution is 8.02. The predicted octanol–water partition coefficient (Wildman–Crippen LogP) is 3.25. The molecule has 0 aliphatic carbocycles. The summed E-state index contributed by atoms with van der Waals surface area (Å²) in [6, 6.07) is 9.25. The van der Waals surface area contributed by atoms with Crippen LogP contribution in [-0.2, 0) is 20.9 Å². The molecule has 8 heteroatoms. The lowest BCUT2D eigenvalue weighted by molar-refractivity contribution is -0.140. The van der Waals surface area contributed by atoms with Crippen LogP contribution in [0.1, 0.15) is 70.8 Å². The summed E-state index contributed by atoms with van der Waals surface area (Å²) in [5.41, 5.74) is 1.02. The molecule has 1 aromatic carbocycles. The van der Waals surface area contributed by atoms with Crippen LogP contribution < -0.4 is 10.6 Å². The van der Waals surface area contributed by atoms with Gasteiger partial charge in [0.05, 0.1) is 16.6 Å². The van der Waals surface area contributed by atoms with Crippen LogP contribution >= 0.6 is 11.8 Å². The maximum Gasteiger partial charge on any atom is 0.244 e. The molecule has 1 spiro atoms. The summed E-state index contributed by atoms with van der Waals surface area (Å²) in [5, 5.41) is 15.4. The van der Waals surface area contributed by atoms with Crippen molar-refractivity contribution < 1.29 is 19.5 Å². The molecule has 4 rings (SSSR count). The first-order valence-electron chi connectivity index (χ1n) is 13.6. The highest BCUT2D eigenvalue weighted by atomic mass is 32.2. The van der Waals surface area contributed by atoms with Crippen molar-refractivity contribution >= 4 is 29.5 Å². The summed E-state index contributed by atoms with van der Waals surface area (Å²) >= 11 is 1.72. The molecule has 3 N–H and O–H groups in total. The molecule has 5 atom stereocenters. The van der Waals surface area contributed by atoms with Crippen LogP contribution in [0.5, 0.6) is 0 Å². The molecule has 0 radical (unpaired) electrons. The molecule has 3 fully saturated rings. The van der Waals surface area contributed by atoms with E-state index in [-0.39, 0.29) is 29.1 Å². The second-order valence-electron chi connectivity index (χ2n) is 10.7. The van der Waals surface area contributed by atoms with Gasteiger partial charge in [0.1, 0.15) is 6.04 Å². The average molecular weight is 516 g/mol. The molecule has 198 valence electrons. The number of aliphatic hydroxyl groups is 1. The second-order valence-corrected chi connectivity index (χ2v) is 12.6. The molecule has 0 saturated carbocycles. The van der Waals surface area contributed by atoms with Gasteiger partial charge in [-0.25, -0.2) is 0 Å². The predicted molar refractivity (Wildman–Crippen MR) is 142 cm³/mol. The van der Waals surface area contributed by atoms with Crippen molar-refractivity contribution in [3.05, 3.63) is 35.9 Å². The van der Waals surface area contributed by atoms with E-state index in [1.807, 2.05) is 30.3 Å². The monoisotopic (exact) mass is 515 g/mol. The molecule has 3 saturated heterocycles. The van der Waals surface area contributed by atoms with Crippen molar-refractivity contribution in [1.29, 1.82) is 0 Å². The van der Waals surface area contributed by atoms with Crippen molar-refractivity contribution in [2.45, 2.75) is 87.3 Å². The van der Waals surface area contributed by atoms with Gasteiger partial charge >= 0.3 is 0 Å². The number of hydrogen-bond acceptors (Lipinski definition) is 5. The fourth-order valence-electron chi connectivity index (χ4n) is 6.52. The number of thioether (sulfide) groups is 1. The molecule has 3 amide bonds. The van der Waals surface area contributed by atoms with Crippen LogP contribution in [0.2, 0.25) is 0 Å². The summed E-state index contributed by atoms with van der Waals surface area (Å²) in [7, 11) is 0. The number of rotatable bonds is 13. The average Bonchev–Trinajstić information content (AvgIpc) is 3.44. The minimum atomic E-state index is -0.563. The van der Waals surface area contributed by atoms with Crippen molar-refractivity contribution in [2.24, 2.45) is 11.8 Å². The Balaban J connectivity index is 1.56. The largest absolute Gasteiger partial charge is 0.396 e. The minimum absolute atomic E-state index is 0.0523. The normalized spacial score (nSPS) is 30.5. The number of aliphatic hydroxyl groups excluding tert-OH is 1. The van der Waals surface area contributed by atoms with Gasteiger partial charge in [-0.15, -0.1) is 11.8 Å². The lowest BCUT2D eigenvalue weighted by atomic mass is 9.66. The number of benzene rings is 1. The molecule has 2 bridgehead atoms. The van der Waals surface area contributed by atoms with Gasteiger partial charge in [0.15, 0.2) is 0 Å². The fraction of sp³-hybridized carbons (Fsp3) is 0.679. The Bertz CT molecular complexity index is 944. The molecule has 1 aromatic rings. The standard InChI is InChI=1S/C28H41N3O4S/c1-3-4-9-16-29-25(34)23-28-15-14-27(2,36-28)21(24(33)30-19-20-12-7-5-8-13-20)22(28)26(35)31(23)17-10-6-11-18-32/h5,7-8,12-13,21-23,32H,3-4,6,9-11,14-19H2,1-2H3,(H,29,34)(H,30,33)/t21-,22-,23?,27+,28?/m0/s1. The Morgan fingerprint density at radius 2 is 1.83 bits per heavy atom. The second kappa shape index (κ2) is 11.5. The molecule has 3 aliphatic heterocycles.